The van der Waals surface area contributed by atoms with Gasteiger partial charge in [-0.3, -0.25) is 14.4 Å². The molecule has 2 aromatic carbocycles. The monoisotopic (exact) mass is 496 g/mol. The second-order valence-electron chi connectivity index (χ2n) is 7.51. The highest BCUT2D eigenvalue weighted by Crippen LogP contribution is 2.31. The van der Waals surface area contributed by atoms with E-state index in [4.69, 9.17) is 5.73 Å². The van der Waals surface area contributed by atoms with Crippen LogP contribution in [0.2, 0.25) is 0 Å². The number of carbonyl (C=O) groups is 2. The molecule has 0 atom stereocenters. The molecule has 0 radical (unpaired) electrons. The van der Waals surface area contributed by atoms with Crippen molar-refractivity contribution < 1.29 is 14.0 Å². The molecule has 2 heterocycles. The summed E-state index contributed by atoms with van der Waals surface area (Å²) < 4.78 is 13.3. The molecule has 0 saturated heterocycles. The molecule has 0 unspecified atom stereocenters. The van der Waals surface area contributed by atoms with Crippen molar-refractivity contribution in [1.82, 2.24) is 14.9 Å². The zero-order valence-corrected chi connectivity index (χ0v) is 19.6. The number of rotatable bonds is 9. The Morgan fingerprint density at radius 2 is 1.85 bits per heavy atom. The predicted molar refractivity (Wildman–Crippen MR) is 132 cm³/mol. The van der Waals surface area contributed by atoms with Crippen molar-refractivity contribution in [1.29, 1.82) is 0 Å². The summed E-state index contributed by atoms with van der Waals surface area (Å²) in [6.07, 6.45) is 0.0612. The molecule has 4 rings (SSSR count). The summed E-state index contributed by atoms with van der Waals surface area (Å²) in [5.74, 6) is -0.993. The average molecular weight is 497 g/mol. The number of carbonyl (C=O) groups excluding carboxylic acids is 2. The number of benzene rings is 2. The van der Waals surface area contributed by atoms with Crippen LogP contribution in [0.15, 0.2) is 69.9 Å². The third kappa shape index (κ3) is 5.70. The molecule has 0 saturated carbocycles. The molecule has 0 fully saturated rings. The zero-order valence-electron chi connectivity index (χ0n) is 18.0. The SMILES string of the molecule is NC(=O)CCN(Cc1ccccc1)C(=O)CSc1nc2scc(-c3ccc(F)cc3)c2c(=O)[nH]1. The number of halogens is 1. The first-order valence-electron chi connectivity index (χ1n) is 10.4. The Balaban J connectivity index is 1.50. The molecule has 0 aliphatic carbocycles. The van der Waals surface area contributed by atoms with Crippen molar-refractivity contribution in [3.63, 3.8) is 0 Å². The molecule has 7 nitrogen and oxygen atoms in total. The first kappa shape index (κ1) is 23.7. The lowest BCUT2D eigenvalue weighted by Crippen LogP contribution is -2.34. The minimum absolute atomic E-state index is 0.0379. The minimum atomic E-state index is -0.482. The molecular formula is C24H21FN4O3S2. The van der Waals surface area contributed by atoms with Crippen LogP contribution in [-0.2, 0) is 16.1 Å². The summed E-state index contributed by atoms with van der Waals surface area (Å²) in [4.78, 5) is 46.3. The molecule has 3 N–H and O–H groups in total. The van der Waals surface area contributed by atoms with Gasteiger partial charge in [-0.2, -0.15) is 0 Å². The van der Waals surface area contributed by atoms with E-state index in [1.54, 1.807) is 17.0 Å². The number of nitrogens with two attached hydrogens (primary N) is 1. The number of thioether (sulfide) groups is 1. The molecule has 10 heteroatoms. The van der Waals surface area contributed by atoms with Gasteiger partial charge in [0.25, 0.3) is 5.56 Å². The number of primary amides is 1. The normalized spacial score (nSPS) is 11.0. The maximum atomic E-state index is 13.3. The maximum absolute atomic E-state index is 13.3. The Bertz CT molecular complexity index is 1370. The first-order chi connectivity index (χ1) is 16.4. The number of fused-ring (bicyclic) bond motifs is 1. The number of amides is 2. The topological polar surface area (TPSA) is 109 Å². The molecule has 0 bridgehead atoms. The van der Waals surface area contributed by atoms with E-state index in [9.17, 15) is 18.8 Å². The van der Waals surface area contributed by atoms with Gasteiger partial charge in [-0.05, 0) is 23.3 Å². The lowest BCUT2D eigenvalue weighted by atomic mass is 10.1. The van der Waals surface area contributed by atoms with Crippen molar-refractivity contribution in [2.75, 3.05) is 12.3 Å². The first-order valence-corrected chi connectivity index (χ1v) is 12.3. The summed E-state index contributed by atoms with van der Waals surface area (Å²) in [5.41, 5.74) is 7.29. The summed E-state index contributed by atoms with van der Waals surface area (Å²) in [7, 11) is 0. The molecule has 2 amide bonds. The number of H-pyrrole nitrogens is 1. The van der Waals surface area contributed by atoms with Crippen molar-refractivity contribution in [3.05, 3.63) is 81.7 Å². The fourth-order valence-corrected chi connectivity index (χ4v) is 5.17. The Kier molecular flexibility index (Phi) is 7.39. The molecule has 0 spiro atoms. The third-order valence-electron chi connectivity index (χ3n) is 5.11. The summed E-state index contributed by atoms with van der Waals surface area (Å²) >= 11 is 2.43. The average Bonchev–Trinajstić information content (AvgIpc) is 3.26. The van der Waals surface area contributed by atoms with E-state index in [1.807, 2.05) is 35.7 Å². The number of thiophene rings is 1. The third-order valence-corrected chi connectivity index (χ3v) is 6.84. The van der Waals surface area contributed by atoms with Gasteiger partial charge >= 0.3 is 0 Å². The van der Waals surface area contributed by atoms with Gasteiger partial charge in [0.15, 0.2) is 5.16 Å². The predicted octanol–water partition coefficient (Wildman–Crippen LogP) is 3.79. The molecular weight excluding hydrogens is 475 g/mol. The van der Waals surface area contributed by atoms with Crippen LogP contribution in [0.4, 0.5) is 4.39 Å². The van der Waals surface area contributed by atoms with E-state index in [2.05, 4.69) is 9.97 Å². The van der Waals surface area contributed by atoms with Gasteiger partial charge in [0.05, 0.1) is 11.1 Å². The van der Waals surface area contributed by atoms with E-state index in [-0.39, 0.29) is 36.0 Å². The zero-order chi connectivity index (χ0) is 24.1. The van der Waals surface area contributed by atoms with Gasteiger partial charge in [0.2, 0.25) is 11.8 Å². The van der Waals surface area contributed by atoms with Gasteiger partial charge in [-0.1, -0.05) is 54.2 Å². The number of hydrogen-bond acceptors (Lipinski definition) is 6. The Morgan fingerprint density at radius 3 is 2.56 bits per heavy atom. The highest BCUT2D eigenvalue weighted by Gasteiger charge is 2.18. The van der Waals surface area contributed by atoms with Crippen LogP contribution in [0.25, 0.3) is 21.3 Å². The molecule has 2 aromatic heterocycles. The summed E-state index contributed by atoms with van der Waals surface area (Å²) in [6.45, 7) is 0.557. The molecule has 4 aromatic rings. The lowest BCUT2D eigenvalue weighted by molar-refractivity contribution is -0.129. The number of nitrogens with one attached hydrogen (secondary N) is 1. The second-order valence-corrected chi connectivity index (χ2v) is 9.34. The van der Waals surface area contributed by atoms with Crippen LogP contribution in [0.5, 0.6) is 0 Å². The molecule has 0 aliphatic heterocycles. The Morgan fingerprint density at radius 1 is 1.12 bits per heavy atom. The molecule has 34 heavy (non-hydrogen) atoms. The van der Waals surface area contributed by atoms with Gasteiger partial charge in [-0.25, -0.2) is 9.37 Å². The number of aromatic nitrogens is 2. The fraction of sp³-hybridized carbons (Fsp3) is 0.167. The van der Waals surface area contributed by atoms with Gasteiger partial charge < -0.3 is 15.6 Å². The smallest absolute Gasteiger partial charge is 0.260 e. The summed E-state index contributed by atoms with van der Waals surface area (Å²) in [5, 5.41) is 2.57. The van der Waals surface area contributed by atoms with Crippen molar-refractivity contribution in [3.8, 4) is 11.1 Å². The maximum Gasteiger partial charge on any atom is 0.260 e. The van der Waals surface area contributed by atoms with Crippen LogP contribution in [0.3, 0.4) is 0 Å². The standard InChI is InChI=1S/C24H21FN4O3S2/c25-17-8-6-16(7-9-17)18-13-33-23-21(18)22(32)27-24(28-23)34-14-20(31)29(11-10-19(26)30)12-15-4-2-1-3-5-15/h1-9,13H,10-12,14H2,(H2,26,30)(H,27,28,32). The van der Waals surface area contributed by atoms with Crippen LogP contribution >= 0.6 is 23.1 Å². The largest absolute Gasteiger partial charge is 0.370 e. The van der Waals surface area contributed by atoms with Gasteiger partial charge in [-0.15, -0.1) is 11.3 Å². The van der Waals surface area contributed by atoms with E-state index >= 15 is 0 Å². The molecule has 174 valence electrons. The van der Waals surface area contributed by atoms with Gasteiger partial charge in [0.1, 0.15) is 10.6 Å². The molecule has 0 aliphatic rings. The van der Waals surface area contributed by atoms with E-state index in [0.717, 1.165) is 22.9 Å². The minimum Gasteiger partial charge on any atom is -0.370 e. The highest BCUT2D eigenvalue weighted by molar-refractivity contribution is 7.99. The van der Waals surface area contributed by atoms with Crippen LogP contribution in [0.1, 0.15) is 12.0 Å². The lowest BCUT2D eigenvalue weighted by Gasteiger charge is -2.22. The summed E-state index contributed by atoms with van der Waals surface area (Å²) in [6, 6.07) is 15.4. The quantitative estimate of drug-likeness (QED) is 0.271. The van der Waals surface area contributed by atoms with Crippen LogP contribution in [0, 0.1) is 5.82 Å². The van der Waals surface area contributed by atoms with Crippen molar-refractivity contribution in [2.45, 2.75) is 18.1 Å². The van der Waals surface area contributed by atoms with Crippen molar-refractivity contribution in [2.24, 2.45) is 5.73 Å². The Labute approximate surface area is 202 Å². The second kappa shape index (κ2) is 10.6. The van der Waals surface area contributed by atoms with E-state index in [1.165, 1.54) is 23.5 Å². The van der Waals surface area contributed by atoms with Crippen LogP contribution < -0.4 is 11.3 Å². The fourth-order valence-electron chi connectivity index (χ4n) is 3.40. The highest BCUT2D eigenvalue weighted by atomic mass is 32.2. The Hall–Kier alpha value is -3.50. The van der Waals surface area contributed by atoms with Crippen LogP contribution in [-0.4, -0.2) is 39.0 Å². The number of hydrogen-bond donors (Lipinski definition) is 2. The van der Waals surface area contributed by atoms with Crippen molar-refractivity contribution >= 4 is 45.1 Å². The van der Waals surface area contributed by atoms with E-state index < -0.39 is 5.91 Å². The van der Waals surface area contributed by atoms with E-state index in [0.29, 0.717) is 27.5 Å². The number of nitrogens with zero attached hydrogens (tertiary/aromatic N) is 2. The number of aromatic amines is 1. The van der Waals surface area contributed by atoms with Gasteiger partial charge in [0, 0.05) is 30.5 Å².